The highest BCUT2D eigenvalue weighted by Gasteiger charge is 2.19. The molecule has 146 valence electrons. The summed E-state index contributed by atoms with van der Waals surface area (Å²) in [6, 6.07) is 27.9. The molecule has 0 unspecified atom stereocenters. The lowest BCUT2D eigenvalue weighted by molar-refractivity contribution is 0.590. The molecule has 0 atom stereocenters. The molecule has 28 heavy (non-hydrogen) atoms. The average molecular weight is 373 g/mol. The molecule has 0 heterocycles. The minimum Gasteiger partial charge on any atom is -0.294 e. The minimum absolute atomic E-state index is 0.0989. The second kappa shape index (κ2) is 7.71. The van der Waals surface area contributed by atoms with E-state index in [1.54, 1.807) is 0 Å². The fourth-order valence-corrected chi connectivity index (χ4v) is 3.14. The number of hydrogen-bond donors (Lipinski definition) is 1. The summed E-state index contributed by atoms with van der Waals surface area (Å²) in [5.74, 6) is 0. The van der Waals surface area contributed by atoms with E-state index >= 15 is 0 Å². The Morgan fingerprint density at radius 3 is 1.46 bits per heavy atom. The van der Waals surface area contributed by atoms with E-state index in [4.69, 9.17) is 0 Å². The van der Waals surface area contributed by atoms with Gasteiger partial charge in [-0.25, -0.2) is 0 Å². The van der Waals surface area contributed by atoms with Crippen molar-refractivity contribution in [3.8, 4) is 0 Å². The summed E-state index contributed by atoms with van der Waals surface area (Å²) in [7, 11) is 0. The number of hydrazine groups is 1. The summed E-state index contributed by atoms with van der Waals surface area (Å²) in [6.45, 7) is 13.5. The van der Waals surface area contributed by atoms with Gasteiger partial charge in [0, 0.05) is 0 Å². The highest BCUT2D eigenvalue weighted by atomic mass is 15.5. The van der Waals surface area contributed by atoms with Gasteiger partial charge in [0.05, 0.1) is 17.1 Å². The number of nitrogens with one attached hydrogen (secondary N) is 1. The first-order valence-electron chi connectivity index (χ1n) is 9.97. The standard InChI is InChI=1S/C26H32N2/c1-25(2,3)20-12-10-16-23(18-20)28(27-22-14-8-7-9-15-22)24-17-11-13-21(19-24)26(4,5)6/h7-19,27H,1-6H3. The van der Waals surface area contributed by atoms with Gasteiger partial charge in [0.1, 0.15) is 0 Å². The van der Waals surface area contributed by atoms with Crippen molar-refractivity contribution in [1.29, 1.82) is 0 Å². The summed E-state index contributed by atoms with van der Waals surface area (Å²) in [4.78, 5) is 0. The van der Waals surface area contributed by atoms with Crippen molar-refractivity contribution in [2.75, 3.05) is 10.4 Å². The Labute approximate surface area is 170 Å². The van der Waals surface area contributed by atoms with Crippen LogP contribution < -0.4 is 10.4 Å². The highest BCUT2D eigenvalue weighted by Crippen LogP contribution is 2.33. The number of benzene rings is 3. The molecule has 0 aliphatic carbocycles. The van der Waals surface area contributed by atoms with Crippen LogP contribution in [-0.2, 0) is 10.8 Å². The molecular formula is C26H32N2. The average Bonchev–Trinajstić information content (AvgIpc) is 2.66. The number of rotatable bonds is 4. The fourth-order valence-electron chi connectivity index (χ4n) is 3.14. The lowest BCUT2D eigenvalue weighted by Crippen LogP contribution is -2.25. The van der Waals surface area contributed by atoms with Crippen LogP contribution >= 0.6 is 0 Å². The molecule has 3 rings (SSSR count). The molecule has 0 aliphatic rings. The molecule has 0 saturated heterocycles. The van der Waals surface area contributed by atoms with Gasteiger partial charge in [-0.15, -0.1) is 0 Å². The van der Waals surface area contributed by atoms with Crippen molar-refractivity contribution in [1.82, 2.24) is 0 Å². The third kappa shape index (κ3) is 4.75. The maximum Gasteiger partial charge on any atom is 0.0633 e. The van der Waals surface area contributed by atoms with Gasteiger partial charge in [-0.1, -0.05) is 84.0 Å². The Balaban J connectivity index is 2.09. The quantitative estimate of drug-likeness (QED) is 0.478. The first-order valence-corrected chi connectivity index (χ1v) is 9.97. The molecule has 0 bridgehead atoms. The summed E-state index contributed by atoms with van der Waals surface area (Å²) < 4.78 is 0. The maximum atomic E-state index is 3.60. The second-order valence-corrected chi connectivity index (χ2v) is 9.41. The zero-order valence-corrected chi connectivity index (χ0v) is 18.0. The summed E-state index contributed by atoms with van der Waals surface area (Å²) in [5, 5.41) is 2.18. The Morgan fingerprint density at radius 1 is 0.571 bits per heavy atom. The molecule has 3 aromatic rings. The molecule has 0 amide bonds. The molecule has 0 spiro atoms. The number of hydrogen-bond acceptors (Lipinski definition) is 2. The maximum absolute atomic E-state index is 3.60. The fraction of sp³-hybridized carbons (Fsp3) is 0.308. The first kappa shape index (κ1) is 20.0. The lowest BCUT2D eigenvalue weighted by Gasteiger charge is -2.30. The van der Waals surface area contributed by atoms with Crippen LogP contribution in [0.1, 0.15) is 52.7 Å². The topological polar surface area (TPSA) is 15.3 Å². The van der Waals surface area contributed by atoms with Crippen molar-refractivity contribution in [2.24, 2.45) is 0 Å². The minimum atomic E-state index is 0.0989. The van der Waals surface area contributed by atoms with Gasteiger partial charge in [0.15, 0.2) is 0 Å². The molecule has 1 N–H and O–H groups in total. The number of anilines is 3. The van der Waals surface area contributed by atoms with Gasteiger partial charge in [0.25, 0.3) is 0 Å². The van der Waals surface area contributed by atoms with E-state index in [2.05, 4.69) is 125 Å². The number of nitrogens with zero attached hydrogens (tertiary/aromatic N) is 1. The lowest BCUT2D eigenvalue weighted by atomic mass is 9.86. The van der Waals surface area contributed by atoms with Crippen molar-refractivity contribution in [3.05, 3.63) is 90.0 Å². The van der Waals surface area contributed by atoms with Crippen molar-refractivity contribution in [3.63, 3.8) is 0 Å². The predicted octanol–water partition coefficient (Wildman–Crippen LogP) is 7.45. The van der Waals surface area contributed by atoms with Gasteiger partial charge >= 0.3 is 0 Å². The van der Waals surface area contributed by atoms with Crippen LogP contribution in [-0.4, -0.2) is 0 Å². The third-order valence-electron chi connectivity index (χ3n) is 4.96. The van der Waals surface area contributed by atoms with Crippen molar-refractivity contribution >= 4 is 17.1 Å². The summed E-state index contributed by atoms with van der Waals surface area (Å²) in [6.07, 6.45) is 0. The van der Waals surface area contributed by atoms with Gasteiger partial charge in [-0.05, 0) is 58.4 Å². The van der Waals surface area contributed by atoms with E-state index in [0.717, 1.165) is 17.1 Å². The van der Waals surface area contributed by atoms with Crippen LogP contribution in [0.3, 0.4) is 0 Å². The van der Waals surface area contributed by atoms with E-state index in [0.29, 0.717) is 0 Å². The molecule has 0 fully saturated rings. The molecule has 2 heteroatoms. The molecule has 0 radical (unpaired) electrons. The van der Waals surface area contributed by atoms with Gasteiger partial charge in [-0.2, -0.15) is 0 Å². The number of para-hydroxylation sites is 1. The predicted molar refractivity (Wildman–Crippen MR) is 122 cm³/mol. The third-order valence-corrected chi connectivity index (χ3v) is 4.96. The molecule has 2 nitrogen and oxygen atoms in total. The SMILES string of the molecule is CC(C)(C)c1cccc(N(Nc2ccccc2)c2cccc(C(C)(C)C)c2)c1. The van der Waals surface area contributed by atoms with Crippen molar-refractivity contribution < 1.29 is 0 Å². The Bertz CT molecular complexity index is 857. The van der Waals surface area contributed by atoms with E-state index in [-0.39, 0.29) is 10.8 Å². The van der Waals surface area contributed by atoms with Crippen LogP contribution in [0.25, 0.3) is 0 Å². The van der Waals surface area contributed by atoms with E-state index < -0.39 is 0 Å². The second-order valence-electron chi connectivity index (χ2n) is 9.41. The van der Waals surface area contributed by atoms with Crippen LogP contribution in [0.2, 0.25) is 0 Å². The zero-order valence-electron chi connectivity index (χ0n) is 18.0. The normalized spacial score (nSPS) is 11.9. The molecule has 0 aliphatic heterocycles. The zero-order chi connectivity index (χ0) is 20.4. The Hall–Kier alpha value is -2.74. The van der Waals surface area contributed by atoms with Gasteiger partial charge in [-0.3, -0.25) is 10.4 Å². The van der Waals surface area contributed by atoms with E-state index in [9.17, 15) is 0 Å². The molecule has 0 aromatic heterocycles. The smallest absolute Gasteiger partial charge is 0.0633 e. The van der Waals surface area contributed by atoms with E-state index in [1.165, 1.54) is 11.1 Å². The summed E-state index contributed by atoms with van der Waals surface area (Å²) in [5.41, 5.74) is 9.75. The highest BCUT2D eigenvalue weighted by molar-refractivity contribution is 5.69. The van der Waals surface area contributed by atoms with Crippen LogP contribution in [0.5, 0.6) is 0 Å². The van der Waals surface area contributed by atoms with Crippen LogP contribution in [0, 0.1) is 0 Å². The molecule has 3 aromatic carbocycles. The van der Waals surface area contributed by atoms with Crippen LogP contribution in [0.15, 0.2) is 78.9 Å². The van der Waals surface area contributed by atoms with Crippen LogP contribution in [0.4, 0.5) is 17.1 Å². The van der Waals surface area contributed by atoms with E-state index in [1.807, 2.05) is 6.07 Å². The summed E-state index contributed by atoms with van der Waals surface area (Å²) >= 11 is 0. The van der Waals surface area contributed by atoms with Gasteiger partial charge < -0.3 is 0 Å². The Morgan fingerprint density at radius 2 is 1.04 bits per heavy atom. The Kier molecular flexibility index (Phi) is 5.51. The monoisotopic (exact) mass is 372 g/mol. The largest absolute Gasteiger partial charge is 0.294 e. The van der Waals surface area contributed by atoms with Crippen molar-refractivity contribution in [2.45, 2.75) is 52.4 Å². The first-order chi connectivity index (χ1) is 13.1. The molecular weight excluding hydrogens is 340 g/mol. The van der Waals surface area contributed by atoms with Gasteiger partial charge in [0.2, 0.25) is 0 Å². The molecule has 0 saturated carbocycles.